The highest BCUT2D eigenvalue weighted by Gasteiger charge is 2.35. The van der Waals surface area contributed by atoms with Crippen LogP contribution in [0.2, 0.25) is 0 Å². The van der Waals surface area contributed by atoms with Crippen molar-refractivity contribution in [1.29, 1.82) is 0 Å². The standard InChI is InChI=1S/C22H31N5O2S/c1-3-4-5-16-6-8-18(9-7-16)30(28,29)27-13-11-17(15-27)21-25-20-14-24-12-10-19(20)22(23-2)26-21/h6-9,17,24H,3-5,10-15H2,1-2H3,(H,23,25,26). The maximum atomic E-state index is 13.2. The summed E-state index contributed by atoms with van der Waals surface area (Å²) in [6.45, 7) is 4.74. The number of aromatic nitrogens is 2. The van der Waals surface area contributed by atoms with Crippen LogP contribution < -0.4 is 10.6 Å². The molecule has 0 radical (unpaired) electrons. The quantitative estimate of drug-likeness (QED) is 0.704. The van der Waals surface area contributed by atoms with Gasteiger partial charge >= 0.3 is 0 Å². The third kappa shape index (κ3) is 4.22. The van der Waals surface area contributed by atoms with Gasteiger partial charge in [-0.05, 0) is 49.9 Å². The molecular weight excluding hydrogens is 398 g/mol. The Balaban J connectivity index is 1.51. The molecule has 1 aromatic carbocycles. The lowest BCUT2D eigenvalue weighted by atomic mass is 10.0. The largest absolute Gasteiger partial charge is 0.373 e. The molecule has 1 atom stereocenters. The molecule has 1 fully saturated rings. The molecule has 0 amide bonds. The van der Waals surface area contributed by atoms with Crippen LogP contribution in [0.25, 0.3) is 0 Å². The Hall–Kier alpha value is -2.03. The molecule has 8 heteroatoms. The SMILES string of the molecule is CCCCc1ccc(S(=O)(=O)N2CCC(c3nc4c(c(NC)n3)CCNC4)C2)cc1. The van der Waals surface area contributed by atoms with E-state index in [0.717, 1.165) is 62.5 Å². The number of aryl methyl sites for hydroxylation is 1. The zero-order valence-corrected chi connectivity index (χ0v) is 18.6. The average Bonchev–Trinajstić information content (AvgIpc) is 3.28. The Kier molecular flexibility index (Phi) is 6.36. The van der Waals surface area contributed by atoms with E-state index in [1.54, 1.807) is 16.4 Å². The predicted octanol–water partition coefficient (Wildman–Crippen LogP) is 2.68. The van der Waals surface area contributed by atoms with E-state index in [9.17, 15) is 8.42 Å². The first-order valence-corrected chi connectivity index (χ1v) is 12.3. The van der Waals surface area contributed by atoms with Gasteiger partial charge in [-0.3, -0.25) is 0 Å². The summed E-state index contributed by atoms with van der Waals surface area (Å²) in [7, 11) is -1.62. The Morgan fingerprint density at radius 2 is 2.03 bits per heavy atom. The van der Waals surface area contributed by atoms with Crippen LogP contribution >= 0.6 is 0 Å². The predicted molar refractivity (Wildman–Crippen MR) is 118 cm³/mol. The number of anilines is 1. The normalized spacial score (nSPS) is 19.6. The van der Waals surface area contributed by atoms with Crippen molar-refractivity contribution in [3.8, 4) is 0 Å². The molecule has 30 heavy (non-hydrogen) atoms. The molecule has 2 N–H and O–H groups in total. The number of hydrogen-bond acceptors (Lipinski definition) is 6. The molecule has 0 bridgehead atoms. The second-order valence-electron chi connectivity index (χ2n) is 8.13. The van der Waals surface area contributed by atoms with Gasteiger partial charge in [0.05, 0.1) is 10.6 Å². The van der Waals surface area contributed by atoms with Gasteiger partial charge < -0.3 is 10.6 Å². The number of nitrogens with zero attached hydrogens (tertiary/aromatic N) is 3. The number of sulfonamides is 1. The van der Waals surface area contributed by atoms with Crippen LogP contribution in [0.3, 0.4) is 0 Å². The van der Waals surface area contributed by atoms with Crippen molar-refractivity contribution in [1.82, 2.24) is 19.6 Å². The van der Waals surface area contributed by atoms with Gasteiger partial charge in [-0.2, -0.15) is 4.31 Å². The summed E-state index contributed by atoms with van der Waals surface area (Å²) < 4.78 is 27.9. The summed E-state index contributed by atoms with van der Waals surface area (Å²) in [5.74, 6) is 1.64. The zero-order chi connectivity index (χ0) is 21.1. The molecule has 162 valence electrons. The number of nitrogens with one attached hydrogen (secondary N) is 2. The van der Waals surface area contributed by atoms with E-state index in [-0.39, 0.29) is 5.92 Å². The van der Waals surface area contributed by atoms with Crippen LogP contribution in [-0.2, 0) is 29.4 Å². The summed E-state index contributed by atoms with van der Waals surface area (Å²) in [4.78, 5) is 9.91. The Bertz CT molecular complexity index is 974. The smallest absolute Gasteiger partial charge is 0.243 e. The molecule has 0 spiro atoms. The van der Waals surface area contributed by atoms with Crippen molar-refractivity contribution in [3.05, 3.63) is 46.9 Å². The van der Waals surface area contributed by atoms with Crippen LogP contribution in [0.5, 0.6) is 0 Å². The van der Waals surface area contributed by atoms with Crippen molar-refractivity contribution in [3.63, 3.8) is 0 Å². The van der Waals surface area contributed by atoms with Crippen molar-refractivity contribution >= 4 is 15.8 Å². The minimum absolute atomic E-state index is 0.0166. The summed E-state index contributed by atoms with van der Waals surface area (Å²) in [6.07, 6.45) is 4.88. The number of rotatable bonds is 7. The lowest BCUT2D eigenvalue weighted by molar-refractivity contribution is 0.470. The van der Waals surface area contributed by atoms with Crippen molar-refractivity contribution in [2.24, 2.45) is 0 Å². The van der Waals surface area contributed by atoms with E-state index in [2.05, 4.69) is 17.6 Å². The minimum Gasteiger partial charge on any atom is -0.373 e. The number of unbranched alkanes of at least 4 members (excludes halogenated alkanes) is 1. The summed E-state index contributed by atoms with van der Waals surface area (Å²) in [5.41, 5.74) is 3.39. The summed E-state index contributed by atoms with van der Waals surface area (Å²) >= 11 is 0. The van der Waals surface area contributed by atoms with Gasteiger partial charge in [0.2, 0.25) is 10.0 Å². The van der Waals surface area contributed by atoms with Crippen LogP contribution in [-0.4, -0.2) is 49.4 Å². The topological polar surface area (TPSA) is 87.2 Å². The minimum atomic E-state index is -3.50. The summed E-state index contributed by atoms with van der Waals surface area (Å²) in [5, 5.41) is 6.55. The fourth-order valence-electron chi connectivity index (χ4n) is 4.28. The average molecular weight is 430 g/mol. The van der Waals surface area contributed by atoms with E-state index >= 15 is 0 Å². The second-order valence-corrected chi connectivity index (χ2v) is 10.1. The first-order chi connectivity index (χ1) is 14.5. The molecule has 7 nitrogen and oxygen atoms in total. The maximum absolute atomic E-state index is 13.2. The van der Waals surface area contributed by atoms with Gasteiger partial charge in [0.1, 0.15) is 11.6 Å². The highest BCUT2D eigenvalue weighted by molar-refractivity contribution is 7.89. The molecule has 2 aromatic rings. The monoisotopic (exact) mass is 429 g/mol. The fraction of sp³-hybridized carbons (Fsp3) is 0.545. The van der Waals surface area contributed by atoms with Crippen molar-refractivity contribution in [2.45, 2.75) is 56.4 Å². The number of benzene rings is 1. The van der Waals surface area contributed by atoms with E-state index in [1.165, 1.54) is 11.1 Å². The molecule has 1 unspecified atom stereocenters. The van der Waals surface area contributed by atoms with Gasteiger partial charge in [-0.25, -0.2) is 18.4 Å². The molecule has 1 aromatic heterocycles. The second kappa shape index (κ2) is 8.99. The molecular formula is C22H31N5O2S. The molecule has 1 saturated heterocycles. The van der Waals surface area contributed by atoms with Gasteiger partial charge in [0, 0.05) is 38.2 Å². The first kappa shape index (κ1) is 21.2. The molecule has 3 heterocycles. The van der Waals surface area contributed by atoms with Crippen LogP contribution in [0.1, 0.15) is 54.7 Å². The van der Waals surface area contributed by atoms with Crippen LogP contribution in [0.4, 0.5) is 5.82 Å². The van der Waals surface area contributed by atoms with Gasteiger partial charge in [0.15, 0.2) is 0 Å². The fourth-order valence-corrected chi connectivity index (χ4v) is 5.78. The van der Waals surface area contributed by atoms with E-state index in [1.807, 2.05) is 19.2 Å². The Morgan fingerprint density at radius 1 is 1.23 bits per heavy atom. The summed E-state index contributed by atoms with van der Waals surface area (Å²) in [6, 6.07) is 7.37. The number of fused-ring (bicyclic) bond motifs is 1. The first-order valence-electron chi connectivity index (χ1n) is 10.9. The van der Waals surface area contributed by atoms with Crippen molar-refractivity contribution in [2.75, 3.05) is 32.0 Å². The highest BCUT2D eigenvalue weighted by Crippen LogP contribution is 2.31. The lowest BCUT2D eigenvalue weighted by Crippen LogP contribution is -2.29. The molecule has 2 aliphatic rings. The van der Waals surface area contributed by atoms with Gasteiger partial charge in [-0.15, -0.1) is 0 Å². The molecule has 0 saturated carbocycles. The molecule has 4 rings (SSSR count). The maximum Gasteiger partial charge on any atom is 0.243 e. The van der Waals surface area contributed by atoms with Gasteiger partial charge in [0.25, 0.3) is 0 Å². The number of hydrogen-bond donors (Lipinski definition) is 2. The van der Waals surface area contributed by atoms with E-state index in [4.69, 9.17) is 9.97 Å². The van der Waals surface area contributed by atoms with Crippen LogP contribution in [0, 0.1) is 0 Å². The molecule has 2 aliphatic heterocycles. The van der Waals surface area contributed by atoms with E-state index < -0.39 is 10.0 Å². The van der Waals surface area contributed by atoms with Gasteiger partial charge in [-0.1, -0.05) is 25.5 Å². The lowest BCUT2D eigenvalue weighted by Gasteiger charge is -2.21. The van der Waals surface area contributed by atoms with Crippen molar-refractivity contribution < 1.29 is 8.42 Å². The van der Waals surface area contributed by atoms with E-state index in [0.29, 0.717) is 18.0 Å². The third-order valence-electron chi connectivity index (χ3n) is 6.09. The highest BCUT2D eigenvalue weighted by atomic mass is 32.2. The Labute approximate surface area is 179 Å². The zero-order valence-electron chi connectivity index (χ0n) is 17.8. The van der Waals surface area contributed by atoms with Crippen LogP contribution in [0.15, 0.2) is 29.2 Å². The third-order valence-corrected chi connectivity index (χ3v) is 7.97. The Morgan fingerprint density at radius 3 is 2.77 bits per heavy atom. The molecule has 0 aliphatic carbocycles.